The number of carbonyl (C=O) groups is 2. The van der Waals surface area contributed by atoms with Crippen molar-refractivity contribution >= 4 is 23.3 Å². The summed E-state index contributed by atoms with van der Waals surface area (Å²) in [6, 6.07) is 13.8. The van der Waals surface area contributed by atoms with Crippen molar-refractivity contribution in [3.05, 3.63) is 70.3 Å². The number of hydrogen-bond acceptors (Lipinski definition) is 3. The topological polar surface area (TPSA) is 37.4 Å². The summed E-state index contributed by atoms with van der Waals surface area (Å²) >= 11 is 0. The van der Waals surface area contributed by atoms with E-state index in [1.165, 1.54) is 11.3 Å². The van der Waals surface area contributed by atoms with Gasteiger partial charge in [0, 0.05) is 28.4 Å². The molecule has 2 aliphatic rings. The molecule has 3 nitrogen and oxygen atoms in total. The van der Waals surface area contributed by atoms with Crippen molar-refractivity contribution < 1.29 is 9.59 Å². The van der Waals surface area contributed by atoms with Gasteiger partial charge in [-0.15, -0.1) is 0 Å². The van der Waals surface area contributed by atoms with Crippen LogP contribution in [0.3, 0.4) is 0 Å². The first-order valence-electron chi connectivity index (χ1n) is 10.0. The van der Waals surface area contributed by atoms with Gasteiger partial charge in [-0.25, -0.2) is 0 Å². The first-order chi connectivity index (χ1) is 13.2. The molecule has 0 spiro atoms. The minimum absolute atomic E-state index is 0.0968. The van der Waals surface area contributed by atoms with Gasteiger partial charge in [-0.3, -0.25) is 9.59 Å². The number of anilines is 1. The Morgan fingerprint density at radius 1 is 1.04 bits per heavy atom. The van der Waals surface area contributed by atoms with E-state index in [1.807, 2.05) is 6.07 Å². The molecule has 0 bridgehead atoms. The molecule has 0 amide bonds. The molecule has 0 saturated carbocycles. The number of nitrogens with zero attached hydrogens (tertiary/aromatic N) is 1. The second-order valence-electron chi connectivity index (χ2n) is 8.96. The van der Waals surface area contributed by atoms with Crippen LogP contribution in [-0.2, 0) is 0 Å². The highest BCUT2D eigenvalue weighted by atomic mass is 16.2. The first-order valence-corrected chi connectivity index (χ1v) is 10.0. The van der Waals surface area contributed by atoms with Crippen LogP contribution in [-0.4, -0.2) is 23.1 Å². The van der Waals surface area contributed by atoms with E-state index in [2.05, 4.69) is 51.7 Å². The van der Waals surface area contributed by atoms with E-state index in [0.717, 1.165) is 12.0 Å². The maximum absolute atomic E-state index is 12.7. The average Bonchev–Trinajstić information content (AvgIpc) is 2.86. The Morgan fingerprint density at radius 2 is 1.64 bits per heavy atom. The molecule has 0 aromatic heterocycles. The molecule has 1 aliphatic heterocycles. The third-order valence-corrected chi connectivity index (χ3v) is 6.03. The van der Waals surface area contributed by atoms with Crippen LogP contribution < -0.4 is 4.90 Å². The van der Waals surface area contributed by atoms with Gasteiger partial charge in [-0.1, -0.05) is 37.3 Å². The minimum atomic E-state index is -0.170. The maximum atomic E-state index is 12.7. The summed E-state index contributed by atoms with van der Waals surface area (Å²) in [4.78, 5) is 27.9. The normalized spacial score (nSPS) is 20.4. The van der Waals surface area contributed by atoms with E-state index < -0.39 is 0 Å². The van der Waals surface area contributed by atoms with E-state index in [4.69, 9.17) is 0 Å². The summed E-state index contributed by atoms with van der Waals surface area (Å²) in [5.74, 6) is 0.0816. The molecule has 2 aromatic rings. The molecule has 0 saturated heterocycles. The molecule has 1 atom stereocenters. The van der Waals surface area contributed by atoms with Crippen molar-refractivity contribution in [2.24, 2.45) is 0 Å². The number of hydrogen-bond donors (Lipinski definition) is 0. The summed E-state index contributed by atoms with van der Waals surface area (Å²) in [6.07, 6.45) is 2.83. The highest BCUT2D eigenvalue weighted by Crippen LogP contribution is 2.45. The van der Waals surface area contributed by atoms with E-state index in [1.54, 1.807) is 30.3 Å². The number of benzene rings is 2. The molecular formula is C25H27NO2. The monoisotopic (exact) mass is 373 g/mol. The largest absolute Gasteiger partial charge is 0.364 e. The molecular weight excluding hydrogens is 346 g/mol. The molecule has 4 rings (SSSR count). The van der Waals surface area contributed by atoms with E-state index >= 15 is 0 Å². The Labute approximate surface area is 167 Å². The number of carbonyl (C=O) groups excluding carboxylic acids is 2. The predicted molar refractivity (Wildman–Crippen MR) is 114 cm³/mol. The van der Waals surface area contributed by atoms with Crippen LogP contribution in [0.1, 0.15) is 78.8 Å². The molecule has 0 radical (unpaired) electrons. The quantitative estimate of drug-likeness (QED) is 0.504. The molecule has 1 heterocycles. The third-order valence-electron chi connectivity index (χ3n) is 6.03. The Bertz CT molecular complexity index is 976. The summed E-state index contributed by atoms with van der Waals surface area (Å²) in [5, 5.41) is 0. The lowest BCUT2D eigenvalue weighted by Crippen LogP contribution is -2.51. The van der Waals surface area contributed by atoms with Crippen LogP contribution in [0.15, 0.2) is 48.0 Å². The zero-order valence-corrected chi connectivity index (χ0v) is 17.2. The molecule has 1 aliphatic carbocycles. The fourth-order valence-electron chi connectivity index (χ4n) is 5.11. The number of Topliss-reactive ketones (excluding diaryl/α,β-unsaturated/α-hetero) is 2. The van der Waals surface area contributed by atoms with E-state index in [0.29, 0.717) is 23.1 Å². The molecule has 144 valence electrons. The second kappa shape index (κ2) is 6.44. The van der Waals surface area contributed by atoms with Crippen molar-refractivity contribution in [3.8, 4) is 0 Å². The highest BCUT2D eigenvalue weighted by Gasteiger charge is 2.38. The highest BCUT2D eigenvalue weighted by molar-refractivity contribution is 6.41. The molecule has 2 aromatic carbocycles. The van der Waals surface area contributed by atoms with Gasteiger partial charge in [0.1, 0.15) is 0 Å². The average molecular weight is 373 g/mol. The fraction of sp³-hybridized carbons (Fsp3) is 0.360. The van der Waals surface area contributed by atoms with Crippen molar-refractivity contribution in [3.63, 3.8) is 0 Å². The molecule has 0 fully saturated rings. The van der Waals surface area contributed by atoms with Gasteiger partial charge in [-0.2, -0.15) is 0 Å². The van der Waals surface area contributed by atoms with Crippen LogP contribution in [0.4, 0.5) is 5.69 Å². The third kappa shape index (κ3) is 2.81. The Kier molecular flexibility index (Phi) is 4.29. The van der Waals surface area contributed by atoms with Crippen LogP contribution >= 0.6 is 0 Å². The van der Waals surface area contributed by atoms with Crippen LogP contribution in [0.5, 0.6) is 0 Å². The Hall–Kier alpha value is -2.68. The lowest BCUT2D eigenvalue weighted by molar-refractivity contribution is 0.0990. The van der Waals surface area contributed by atoms with Gasteiger partial charge in [0.05, 0.1) is 5.57 Å². The second-order valence-corrected chi connectivity index (χ2v) is 8.96. The summed E-state index contributed by atoms with van der Waals surface area (Å²) in [6.45, 7) is 11.3. The van der Waals surface area contributed by atoms with Gasteiger partial charge in [0.15, 0.2) is 11.6 Å². The van der Waals surface area contributed by atoms with Gasteiger partial charge >= 0.3 is 0 Å². The number of rotatable bonds is 2. The zero-order chi connectivity index (χ0) is 20.2. The Balaban J connectivity index is 1.77. The maximum Gasteiger partial charge on any atom is 0.197 e. The molecule has 0 N–H and O–H groups in total. The van der Waals surface area contributed by atoms with Crippen LogP contribution in [0, 0.1) is 0 Å². The first kappa shape index (κ1) is 18.7. The van der Waals surface area contributed by atoms with Crippen LogP contribution in [0.25, 0.3) is 6.08 Å². The number of fused-ring (bicyclic) bond motifs is 2. The minimum Gasteiger partial charge on any atom is -0.364 e. The van der Waals surface area contributed by atoms with Gasteiger partial charge in [0.25, 0.3) is 0 Å². The number of ketones is 2. The van der Waals surface area contributed by atoms with Crippen molar-refractivity contribution in [2.45, 2.75) is 58.5 Å². The lowest BCUT2D eigenvalue weighted by atomic mass is 9.78. The lowest BCUT2D eigenvalue weighted by Gasteiger charge is -2.50. The molecule has 0 unspecified atom stereocenters. The van der Waals surface area contributed by atoms with Crippen molar-refractivity contribution in [1.82, 2.24) is 0 Å². The Morgan fingerprint density at radius 3 is 2.21 bits per heavy atom. The van der Waals surface area contributed by atoms with Crippen LogP contribution in [0.2, 0.25) is 0 Å². The zero-order valence-electron chi connectivity index (χ0n) is 17.2. The van der Waals surface area contributed by atoms with Crippen molar-refractivity contribution in [2.75, 3.05) is 4.90 Å². The van der Waals surface area contributed by atoms with Gasteiger partial charge < -0.3 is 4.90 Å². The van der Waals surface area contributed by atoms with Gasteiger partial charge in [0.2, 0.25) is 0 Å². The SMILES string of the molecule is CC(C)N1c2ccc(C=C3C(=O)c4ccccc4C3=O)cc2[C@@H](C)CC1(C)C. The summed E-state index contributed by atoms with van der Waals surface area (Å²) < 4.78 is 0. The van der Waals surface area contributed by atoms with Gasteiger partial charge in [-0.05, 0) is 69.4 Å². The smallest absolute Gasteiger partial charge is 0.197 e. The van der Waals surface area contributed by atoms with E-state index in [-0.39, 0.29) is 22.7 Å². The fourth-order valence-corrected chi connectivity index (χ4v) is 5.11. The molecule has 28 heavy (non-hydrogen) atoms. The summed E-state index contributed by atoms with van der Waals surface area (Å²) in [7, 11) is 0. The van der Waals surface area contributed by atoms with E-state index in [9.17, 15) is 9.59 Å². The predicted octanol–water partition coefficient (Wildman–Crippen LogP) is 5.65. The molecule has 3 heteroatoms. The summed E-state index contributed by atoms with van der Waals surface area (Å²) in [5.41, 5.74) is 4.85. The van der Waals surface area contributed by atoms with Crippen molar-refractivity contribution in [1.29, 1.82) is 0 Å². The standard InChI is InChI=1S/C25H27NO2/c1-15(2)26-22-11-10-17(12-20(22)16(3)14-25(26,4)5)13-21-23(27)18-8-6-7-9-19(18)24(21)28/h6-13,15-16H,14H2,1-5H3/t16-/m0/s1. The number of allylic oxidation sites excluding steroid dienone is 1.